The maximum atomic E-state index is 12.4. The lowest BCUT2D eigenvalue weighted by Gasteiger charge is -2.24. The fraction of sp³-hybridized carbons (Fsp3) is 0.333. The lowest BCUT2D eigenvalue weighted by molar-refractivity contribution is -0.132. The van der Waals surface area contributed by atoms with Gasteiger partial charge in [0.25, 0.3) is 0 Å². The smallest absolute Gasteiger partial charge is 0.226 e. The Morgan fingerprint density at radius 2 is 2.15 bits per heavy atom. The zero-order valence-electron chi connectivity index (χ0n) is 14.7. The maximum Gasteiger partial charge on any atom is 0.226 e. The highest BCUT2D eigenvalue weighted by molar-refractivity contribution is 5.76. The molecule has 3 rings (SSSR count). The molecule has 3 aromatic heterocycles. The minimum Gasteiger partial charge on any atom is -0.339 e. The molecule has 26 heavy (non-hydrogen) atoms. The first kappa shape index (κ1) is 17.7. The second kappa shape index (κ2) is 8.28. The average molecular weight is 352 g/mol. The molecule has 8 heteroatoms. The molecular weight excluding hydrogens is 332 g/mol. The van der Waals surface area contributed by atoms with E-state index in [0.29, 0.717) is 31.0 Å². The van der Waals surface area contributed by atoms with Gasteiger partial charge in [0.2, 0.25) is 17.6 Å². The van der Waals surface area contributed by atoms with Gasteiger partial charge in [-0.15, -0.1) is 0 Å². The van der Waals surface area contributed by atoms with E-state index in [1.807, 2.05) is 25.1 Å². The van der Waals surface area contributed by atoms with Gasteiger partial charge >= 0.3 is 0 Å². The van der Waals surface area contributed by atoms with Crippen LogP contribution < -0.4 is 0 Å². The van der Waals surface area contributed by atoms with Crippen LogP contribution in [0, 0.1) is 0 Å². The summed E-state index contributed by atoms with van der Waals surface area (Å²) in [5.74, 6) is 1.07. The van der Waals surface area contributed by atoms with Crippen LogP contribution >= 0.6 is 0 Å². The first-order valence-corrected chi connectivity index (χ1v) is 8.39. The van der Waals surface area contributed by atoms with E-state index in [2.05, 4.69) is 25.1 Å². The van der Waals surface area contributed by atoms with Gasteiger partial charge in [-0.05, 0) is 31.5 Å². The molecule has 0 radical (unpaired) electrons. The van der Waals surface area contributed by atoms with Gasteiger partial charge in [0, 0.05) is 44.0 Å². The minimum absolute atomic E-state index is 0.0445. The molecule has 0 aliphatic heterocycles. The molecule has 0 N–H and O–H groups in total. The van der Waals surface area contributed by atoms with Gasteiger partial charge in [0.1, 0.15) is 6.33 Å². The summed E-state index contributed by atoms with van der Waals surface area (Å²) in [5.41, 5.74) is 1.62. The van der Waals surface area contributed by atoms with Crippen molar-refractivity contribution < 1.29 is 9.32 Å². The van der Waals surface area contributed by atoms with Crippen molar-refractivity contribution in [1.82, 2.24) is 30.0 Å². The van der Waals surface area contributed by atoms with E-state index in [4.69, 9.17) is 4.52 Å². The van der Waals surface area contributed by atoms with E-state index in [1.165, 1.54) is 6.33 Å². The Kier molecular flexibility index (Phi) is 5.62. The Hall–Kier alpha value is -3.16. The molecule has 134 valence electrons. The first-order valence-electron chi connectivity index (χ1n) is 8.39. The van der Waals surface area contributed by atoms with Crippen molar-refractivity contribution in [3.8, 4) is 11.4 Å². The number of carbonyl (C=O) groups excluding carboxylic acids is 1. The monoisotopic (exact) mass is 352 g/mol. The number of hydrogen-bond acceptors (Lipinski definition) is 7. The van der Waals surface area contributed by atoms with E-state index in [-0.39, 0.29) is 11.9 Å². The summed E-state index contributed by atoms with van der Waals surface area (Å²) >= 11 is 0. The van der Waals surface area contributed by atoms with Gasteiger partial charge in [-0.3, -0.25) is 9.78 Å². The fourth-order valence-corrected chi connectivity index (χ4v) is 2.50. The summed E-state index contributed by atoms with van der Waals surface area (Å²) in [6.45, 7) is 1.94. The van der Waals surface area contributed by atoms with Crippen LogP contribution in [0.25, 0.3) is 11.4 Å². The Balaban J connectivity index is 1.50. The molecule has 0 spiro atoms. The zero-order chi connectivity index (χ0) is 18.4. The summed E-state index contributed by atoms with van der Waals surface area (Å²) in [4.78, 5) is 30.6. The highest BCUT2D eigenvalue weighted by Gasteiger charge is 2.18. The van der Waals surface area contributed by atoms with Crippen LogP contribution in [0.1, 0.15) is 37.4 Å². The number of amides is 1. The fourth-order valence-electron chi connectivity index (χ4n) is 2.50. The number of pyridine rings is 1. The molecule has 3 heterocycles. The van der Waals surface area contributed by atoms with Crippen LogP contribution in [0.3, 0.4) is 0 Å². The van der Waals surface area contributed by atoms with Crippen molar-refractivity contribution in [2.45, 2.75) is 32.2 Å². The van der Waals surface area contributed by atoms with Crippen LogP contribution in [0.2, 0.25) is 0 Å². The van der Waals surface area contributed by atoms with Crippen LogP contribution in [-0.4, -0.2) is 42.9 Å². The molecule has 1 atom stereocenters. The normalized spacial score (nSPS) is 11.9. The molecule has 0 aromatic carbocycles. The van der Waals surface area contributed by atoms with Gasteiger partial charge in [0.05, 0.1) is 11.7 Å². The van der Waals surface area contributed by atoms with Crippen LogP contribution in [0.4, 0.5) is 0 Å². The lowest BCUT2D eigenvalue weighted by atomic mass is 10.1. The Bertz CT molecular complexity index is 837. The highest BCUT2D eigenvalue weighted by atomic mass is 16.5. The van der Waals surface area contributed by atoms with Crippen molar-refractivity contribution >= 4 is 5.91 Å². The second-order valence-electron chi connectivity index (χ2n) is 5.92. The van der Waals surface area contributed by atoms with Crippen LogP contribution in [0.15, 0.2) is 47.6 Å². The Labute approximate surface area is 151 Å². The van der Waals surface area contributed by atoms with Gasteiger partial charge in [-0.1, -0.05) is 5.16 Å². The quantitative estimate of drug-likeness (QED) is 0.644. The van der Waals surface area contributed by atoms with Gasteiger partial charge in [-0.25, -0.2) is 9.97 Å². The summed E-state index contributed by atoms with van der Waals surface area (Å²) in [7, 11) is 1.78. The summed E-state index contributed by atoms with van der Waals surface area (Å²) in [6, 6.07) is 5.39. The minimum atomic E-state index is -0.105. The standard InChI is InChI=1S/C18H20N6O2/c1-13(15-8-10-20-12-21-15)24(2)17(25)7-3-6-16-22-18(23-26-16)14-5-4-9-19-11-14/h4-5,8-13H,3,6-7H2,1-2H3. The number of aromatic nitrogens is 5. The molecule has 1 unspecified atom stereocenters. The maximum absolute atomic E-state index is 12.4. The molecule has 8 nitrogen and oxygen atoms in total. The van der Waals surface area contributed by atoms with E-state index >= 15 is 0 Å². The molecule has 0 aliphatic carbocycles. The zero-order valence-corrected chi connectivity index (χ0v) is 14.7. The van der Waals surface area contributed by atoms with E-state index in [1.54, 1.807) is 30.5 Å². The largest absolute Gasteiger partial charge is 0.339 e. The van der Waals surface area contributed by atoms with Crippen molar-refractivity contribution in [2.75, 3.05) is 7.05 Å². The molecule has 0 fully saturated rings. The van der Waals surface area contributed by atoms with Crippen molar-refractivity contribution in [3.63, 3.8) is 0 Å². The second-order valence-corrected chi connectivity index (χ2v) is 5.92. The van der Waals surface area contributed by atoms with Gasteiger partial charge in [-0.2, -0.15) is 4.98 Å². The average Bonchev–Trinajstić information content (AvgIpc) is 3.17. The molecular formula is C18H20N6O2. The third-order valence-electron chi connectivity index (χ3n) is 4.18. The molecule has 0 aliphatic rings. The van der Waals surface area contributed by atoms with Crippen LogP contribution in [-0.2, 0) is 11.2 Å². The topological polar surface area (TPSA) is 97.9 Å². The lowest BCUT2D eigenvalue weighted by Crippen LogP contribution is -2.30. The van der Waals surface area contributed by atoms with Crippen molar-refractivity contribution in [3.05, 3.63) is 54.7 Å². The van der Waals surface area contributed by atoms with Gasteiger partial charge < -0.3 is 9.42 Å². The SMILES string of the molecule is CC(c1ccncn1)N(C)C(=O)CCCc1nc(-c2cccnc2)no1. The predicted octanol–water partition coefficient (Wildman–Crippen LogP) is 2.46. The number of carbonyl (C=O) groups is 1. The molecule has 0 saturated heterocycles. The number of aryl methyl sites for hydroxylation is 1. The van der Waals surface area contributed by atoms with Crippen LogP contribution in [0.5, 0.6) is 0 Å². The molecule has 0 saturated carbocycles. The number of nitrogens with zero attached hydrogens (tertiary/aromatic N) is 6. The van der Waals surface area contributed by atoms with E-state index in [0.717, 1.165) is 11.3 Å². The van der Waals surface area contributed by atoms with Crippen molar-refractivity contribution in [2.24, 2.45) is 0 Å². The number of rotatable bonds is 7. The van der Waals surface area contributed by atoms with Crippen molar-refractivity contribution in [1.29, 1.82) is 0 Å². The third kappa shape index (κ3) is 4.27. The Morgan fingerprint density at radius 1 is 1.27 bits per heavy atom. The first-order chi connectivity index (χ1) is 12.6. The third-order valence-corrected chi connectivity index (χ3v) is 4.18. The molecule has 3 aromatic rings. The number of hydrogen-bond donors (Lipinski definition) is 0. The predicted molar refractivity (Wildman–Crippen MR) is 93.7 cm³/mol. The molecule has 0 bridgehead atoms. The van der Waals surface area contributed by atoms with Gasteiger partial charge in [0.15, 0.2) is 0 Å². The summed E-state index contributed by atoms with van der Waals surface area (Å²) in [6.07, 6.45) is 8.11. The summed E-state index contributed by atoms with van der Waals surface area (Å²) < 4.78 is 5.25. The summed E-state index contributed by atoms with van der Waals surface area (Å²) in [5, 5.41) is 3.95. The van der Waals surface area contributed by atoms with E-state index in [9.17, 15) is 4.79 Å². The Morgan fingerprint density at radius 3 is 2.88 bits per heavy atom. The van der Waals surface area contributed by atoms with E-state index < -0.39 is 0 Å². The molecule has 1 amide bonds. The highest BCUT2D eigenvalue weighted by Crippen LogP contribution is 2.18.